The van der Waals surface area contributed by atoms with Crippen LogP contribution in [0.2, 0.25) is 0 Å². The van der Waals surface area contributed by atoms with Gasteiger partial charge in [-0.05, 0) is 35.9 Å². The zero-order valence-corrected chi connectivity index (χ0v) is 22.0. The van der Waals surface area contributed by atoms with Crippen molar-refractivity contribution in [2.24, 2.45) is 5.73 Å². The van der Waals surface area contributed by atoms with Crippen molar-refractivity contribution in [1.29, 1.82) is 0 Å². The van der Waals surface area contributed by atoms with Crippen LogP contribution < -0.4 is 25.8 Å². The number of nitrogens with zero attached hydrogens (tertiary/aromatic N) is 2. The maximum Gasteiger partial charge on any atom is 0.163 e. The molecule has 0 amide bonds. The van der Waals surface area contributed by atoms with Gasteiger partial charge in [-0.3, -0.25) is 0 Å². The van der Waals surface area contributed by atoms with Crippen LogP contribution in [0, 0.1) is 0 Å². The molecule has 0 unspecified atom stereocenters. The van der Waals surface area contributed by atoms with E-state index < -0.39 is 0 Å². The first-order valence-corrected chi connectivity index (χ1v) is 12.4. The number of rotatable bonds is 14. The van der Waals surface area contributed by atoms with Gasteiger partial charge >= 0.3 is 0 Å². The van der Waals surface area contributed by atoms with Crippen LogP contribution in [0.25, 0.3) is 16.6 Å². The number of anilines is 2. The molecule has 204 valence electrons. The first-order valence-electron chi connectivity index (χ1n) is 12.4. The number of methoxy groups -OCH3 is 2. The molecule has 0 fully saturated rings. The molecule has 1 heterocycles. The average molecular weight is 532 g/mol. The first kappa shape index (κ1) is 27.5. The summed E-state index contributed by atoms with van der Waals surface area (Å²) in [6.07, 6.45) is 3.27. The molecule has 0 spiro atoms. The molecule has 4 rings (SSSR count). The van der Waals surface area contributed by atoms with E-state index in [4.69, 9.17) is 24.7 Å². The lowest BCUT2D eigenvalue weighted by molar-refractivity contribution is 0.132. The van der Waals surface area contributed by atoms with Crippen molar-refractivity contribution in [2.45, 2.75) is 6.54 Å². The van der Waals surface area contributed by atoms with Gasteiger partial charge in [-0.1, -0.05) is 24.3 Å². The molecule has 0 aliphatic heterocycles. The molecular weight excluding hydrogens is 498 g/mol. The van der Waals surface area contributed by atoms with E-state index in [0.717, 1.165) is 22.2 Å². The summed E-state index contributed by atoms with van der Waals surface area (Å²) in [5, 5.41) is 16.8. The molecule has 0 bridgehead atoms. The highest BCUT2D eigenvalue weighted by Gasteiger charge is 2.13. The summed E-state index contributed by atoms with van der Waals surface area (Å²) in [6.45, 7) is 2.22. The number of ether oxygens (including phenoxy) is 4. The zero-order valence-electron chi connectivity index (χ0n) is 22.0. The van der Waals surface area contributed by atoms with Crippen LogP contribution in [0.5, 0.6) is 17.2 Å². The van der Waals surface area contributed by atoms with Crippen molar-refractivity contribution in [3.05, 3.63) is 84.3 Å². The molecular formula is C29H33N5O5. The molecule has 0 aliphatic rings. The summed E-state index contributed by atoms with van der Waals surface area (Å²) in [4.78, 5) is 8.89. The van der Waals surface area contributed by atoms with Gasteiger partial charge in [-0.2, -0.15) is 0 Å². The number of aromatic hydroxyl groups is 1. The monoisotopic (exact) mass is 531 g/mol. The summed E-state index contributed by atoms with van der Waals surface area (Å²) in [6, 6.07) is 18.4. The van der Waals surface area contributed by atoms with Crippen molar-refractivity contribution in [1.82, 2.24) is 15.3 Å². The minimum atomic E-state index is 0.236. The molecule has 1 aromatic heterocycles. The molecule has 39 heavy (non-hydrogen) atoms. The van der Waals surface area contributed by atoms with Crippen molar-refractivity contribution >= 4 is 28.1 Å². The van der Waals surface area contributed by atoms with E-state index in [1.807, 2.05) is 48.5 Å². The van der Waals surface area contributed by atoms with E-state index in [1.165, 1.54) is 6.33 Å². The Bertz CT molecular complexity index is 1390. The minimum absolute atomic E-state index is 0.236. The fourth-order valence-corrected chi connectivity index (χ4v) is 3.75. The van der Waals surface area contributed by atoms with E-state index in [0.29, 0.717) is 61.5 Å². The second-order valence-corrected chi connectivity index (χ2v) is 8.57. The Morgan fingerprint density at radius 3 is 2.33 bits per heavy atom. The van der Waals surface area contributed by atoms with E-state index in [1.54, 1.807) is 32.6 Å². The van der Waals surface area contributed by atoms with Gasteiger partial charge < -0.3 is 40.4 Å². The molecule has 0 atom stereocenters. The number of fused-ring (bicyclic) bond motifs is 1. The lowest BCUT2D eigenvalue weighted by atomic mass is 10.1. The van der Waals surface area contributed by atoms with Gasteiger partial charge in [0.1, 0.15) is 31.1 Å². The lowest BCUT2D eigenvalue weighted by Gasteiger charge is -2.15. The molecule has 5 N–H and O–H groups in total. The molecule has 0 saturated carbocycles. The van der Waals surface area contributed by atoms with Crippen LogP contribution in [-0.2, 0) is 16.0 Å². The molecule has 0 radical (unpaired) electrons. The number of hydrogen-bond acceptors (Lipinski definition) is 10. The SMILES string of the molecule is COCCOc1cc2ncnc(Nc3cccc(/C(N)=C/NCc4ccc(O)cc4)c3)c2cc1OCCOC. The van der Waals surface area contributed by atoms with Crippen molar-refractivity contribution in [3.63, 3.8) is 0 Å². The third-order valence-electron chi connectivity index (χ3n) is 5.75. The maximum atomic E-state index is 9.43. The van der Waals surface area contributed by atoms with E-state index in [-0.39, 0.29) is 5.75 Å². The Morgan fingerprint density at radius 1 is 0.897 bits per heavy atom. The highest BCUT2D eigenvalue weighted by Crippen LogP contribution is 2.35. The van der Waals surface area contributed by atoms with Crippen molar-refractivity contribution in [3.8, 4) is 17.2 Å². The van der Waals surface area contributed by atoms with Gasteiger partial charge in [-0.15, -0.1) is 0 Å². The van der Waals surface area contributed by atoms with Gasteiger partial charge in [0.15, 0.2) is 11.5 Å². The number of nitrogens with two attached hydrogens (primary N) is 1. The molecule has 0 aliphatic carbocycles. The largest absolute Gasteiger partial charge is 0.508 e. The van der Waals surface area contributed by atoms with Crippen LogP contribution in [-0.4, -0.2) is 55.7 Å². The number of phenolic OH excluding ortho intramolecular Hbond substituents is 1. The summed E-state index contributed by atoms with van der Waals surface area (Å²) in [5.41, 5.74) is 10.3. The quantitative estimate of drug-likeness (QED) is 0.176. The standard InChI is InChI=1S/C29H33N5O5/c1-36-10-12-38-27-15-24-26(16-28(27)39-13-11-37-2)32-19-33-29(24)34-22-5-3-4-21(14-22)25(30)18-31-17-20-6-8-23(35)9-7-20/h3-9,14-16,18-19,31,35H,10-13,17,30H2,1-2H3,(H,32,33,34)/b25-18-. The number of benzene rings is 3. The molecule has 0 saturated heterocycles. The summed E-state index contributed by atoms with van der Waals surface area (Å²) in [5.74, 6) is 1.99. The number of nitrogens with one attached hydrogen (secondary N) is 2. The third-order valence-corrected chi connectivity index (χ3v) is 5.75. The lowest BCUT2D eigenvalue weighted by Crippen LogP contribution is -2.09. The molecule has 4 aromatic rings. The minimum Gasteiger partial charge on any atom is -0.508 e. The number of hydrogen-bond donors (Lipinski definition) is 4. The van der Waals surface area contributed by atoms with Crippen LogP contribution in [0.1, 0.15) is 11.1 Å². The van der Waals surface area contributed by atoms with Gasteiger partial charge in [0.2, 0.25) is 0 Å². The smallest absolute Gasteiger partial charge is 0.163 e. The molecule has 10 nitrogen and oxygen atoms in total. The summed E-state index contributed by atoms with van der Waals surface area (Å²) < 4.78 is 22.0. The fraction of sp³-hybridized carbons (Fsp3) is 0.241. The Kier molecular flexibility index (Phi) is 9.76. The van der Waals surface area contributed by atoms with Crippen LogP contribution in [0.4, 0.5) is 11.5 Å². The van der Waals surface area contributed by atoms with Gasteiger partial charge in [-0.25, -0.2) is 9.97 Å². The molecule has 3 aromatic carbocycles. The van der Waals surface area contributed by atoms with Gasteiger partial charge in [0.05, 0.1) is 24.4 Å². The Morgan fingerprint density at radius 2 is 1.62 bits per heavy atom. The molecule has 10 heteroatoms. The first-order chi connectivity index (χ1) is 19.1. The summed E-state index contributed by atoms with van der Waals surface area (Å²) >= 11 is 0. The van der Waals surface area contributed by atoms with Gasteiger partial charge in [0.25, 0.3) is 0 Å². The highest BCUT2D eigenvalue weighted by atomic mass is 16.5. The fourth-order valence-electron chi connectivity index (χ4n) is 3.75. The second kappa shape index (κ2) is 13.8. The highest BCUT2D eigenvalue weighted by molar-refractivity contribution is 5.93. The Balaban J connectivity index is 1.53. The third kappa shape index (κ3) is 7.73. The van der Waals surface area contributed by atoms with E-state index in [9.17, 15) is 5.11 Å². The van der Waals surface area contributed by atoms with Gasteiger partial charge in [0, 0.05) is 49.7 Å². The zero-order chi connectivity index (χ0) is 27.5. The van der Waals surface area contributed by atoms with E-state index in [2.05, 4.69) is 20.6 Å². The number of phenols is 1. The maximum absolute atomic E-state index is 9.43. The van der Waals surface area contributed by atoms with Crippen LogP contribution in [0.15, 0.2) is 73.2 Å². The Hall–Kier alpha value is -4.54. The van der Waals surface area contributed by atoms with Crippen molar-refractivity contribution < 1.29 is 24.1 Å². The predicted molar refractivity (Wildman–Crippen MR) is 151 cm³/mol. The summed E-state index contributed by atoms with van der Waals surface area (Å²) in [7, 11) is 3.25. The van der Waals surface area contributed by atoms with E-state index >= 15 is 0 Å². The van der Waals surface area contributed by atoms with Crippen molar-refractivity contribution in [2.75, 3.05) is 46.0 Å². The predicted octanol–water partition coefficient (Wildman–Crippen LogP) is 4.18. The van der Waals surface area contributed by atoms with Crippen LogP contribution in [0.3, 0.4) is 0 Å². The normalized spacial score (nSPS) is 11.4. The van der Waals surface area contributed by atoms with Crippen LogP contribution >= 0.6 is 0 Å². The average Bonchev–Trinajstić information content (AvgIpc) is 2.95. The topological polar surface area (TPSA) is 133 Å². The second-order valence-electron chi connectivity index (χ2n) is 8.57. The Labute approximate surface area is 227 Å². The number of aromatic nitrogens is 2.